The first-order chi connectivity index (χ1) is 6.26. The predicted molar refractivity (Wildman–Crippen MR) is 55.1 cm³/mol. The fourth-order valence-electron chi connectivity index (χ4n) is 0.769. The number of hydrogen-bond donors (Lipinski definition) is 2. The molecule has 4 heteroatoms. The lowest BCUT2D eigenvalue weighted by Crippen LogP contribution is -2.42. The van der Waals surface area contributed by atoms with E-state index in [-0.39, 0.29) is 24.2 Å². The van der Waals surface area contributed by atoms with Crippen LogP contribution in [0.5, 0.6) is 0 Å². The summed E-state index contributed by atoms with van der Waals surface area (Å²) in [6.07, 6.45) is -0.715. The van der Waals surface area contributed by atoms with Gasteiger partial charge in [-0.25, -0.2) is 4.79 Å². The summed E-state index contributed by atoms with van der Waals surface area (Å²) in [6, 6.07) is 0. The van der Waals surface area contributed by atoms with Gasteiger partial charge in [-0.15, -0.1) is 0 Å². The Hall–Kier alpha value is -0.770. The van der Waals surface area contributed by atoms with Gasteiger partial charge in [-0.2, -0.15) is 0 Å². The van der Waals surface area contributed by atoms with Gasteiger partial charge in [0, 0.05) is 18.1 Å². The molecule has 0 rings (SSSR count). The Morgan fingerprint density at radius 2 is 1.93 bits per heavy atom. The molecule has 0 aromatic heterocycles. The second kappa shape index (κ2) is 5.20. The third kappa shape index (κ3) is 5.80. The molecule has 2 N–H and O–H groups in total. The average Bonchev–Trinajstić information content (AvgIpc) is 1.99. The van der Waals surface area contributed by atoms with E-state index in [1.807, 2.05) is 27.7 Å². The van der Waals surface area contributed by atoms with Crippen LogP contribution < -0.4 is 5.32 Å². The van der Waals surface area contributed by atoms with E-state index in [0.29, 0.717) is 0 Å². The van der Waals surface area contributed by atoms with E-state index >= 15 is 0 Å². The number of rotatable bonds is 3. The highest BCUT2D eigenvalue weighted by Crippen LogP contribution is 2.07. The van der Waals surface area contributed by atoms with Crippen LogP contribution in [0.25, 0.3) is 0 Å². The molecule has 4 nitrogen and oxygen atoms in total. The normalized spacial score (nSPS) is 15.9. The molecule has 0 aliphatic heterocycles. The smallest absolute Gasteiger partial charge is 0.407 e. The Bertz CT molecular complexity index is 186. The van der Waals surface area contributed by atoms with Crippen LogP contribution in [0.1, 0.15) is 34.6 Å². The summed E-state index contributed by atoms with van der Waals surface area (Å²) in [4.78, 5) is 11.3. The van der Waals surface area contributed by atoms with Crippen molar-refractivity contribution >= 4 is 6.09 Å². The predicted octanol–water partition coefficient (Wildman–Crippen LogP) is 1.53. The van der Waals surface area contributed by atoms with E-state index in [1.54, 1.807) is 6.92 Å². The molecule has 0 spiro atoms. The Labute approximate surface area is 85.6 Å². The van der Waals surface area contributed by atoms with E-state index in [4.69, 9.17) is 9.84 Å². The summed E-state index contributed by atoms with van der Waals surface area (Å²) in [5, 5.41) is 11.5. The van der Waals surface area contributed by atoms with Crippen molar-refractivity contribution in [3.8, 4) is 0 Å². The molecule has 14 heavy (non-hydrogen) atoms. The molecule has 0 fully saturated rings. The highest BCUT2D eigenvalue weighted by atomic mass is 16.6. The molecule has 2 atom stereocenters. The Balaban J connectivity index is 3.95. The molecule has 0 saturated carbocycles. The van der Waals surface area contributed by atoms with Crippen LogP contribution >= 0.6 is 0 Å². The molecule has 0 bridgehead atoms. The van der Waals surface area contributed by atoms with E-state index in [0.717, 1.165) is 0 Å². The number of amides is 1. The molecule has 1 amide bonds. The van der Waals surface area contributed by atoms with Crippen LogP contribution in [-0.4, -0.2) is 29.4 Å². The van der Waals surface area contributed by atoms with Gasteiger partial charge in [0.05, 0.1) is 0 Å². The summed E-state index contributed by atoms with van der Waals surface area (Å²) in [6.45, 7) is 9.26. The number of hydrogen-bond acceptors (Lipinski definition) is 3. The average molecular weight is 203 g/mol. The van der Waals surface area contributed by atoms with E-state index in [9.17, 15) is 4.79 Å². The number of carbonyl (C=O) groups is 1. The van der Waals surface area contributed by atoms with Crippen LogP contribution in [0, 0.1) is 5.92 Å². The van der Waals surface area contributed by atoms with Gasteiger partial charge in [0.25, 0.3) is 0 Å². The number of ether oxygens (including phenoxy) is 1. The SMILES string of the molecule is C[C@H](OC(=O)NC(C)(C)C)[C@@H](C)CO. The third-order valence-electron chi connectivity index (χ3n) is 1.86. The minimum atomic E-state index is -0.440. The van der Waals surface area contributed by atoms with E-state index < -0.39 is 6.09 Å². The molecule has 0 aromatic rings. The number of aliphatic hydroxyl groups excluding tert-OH is 1. The molecule has 0 aliphatic rings. The molecule has 0 aliphatic carbocycles. The van der Waals surface area contributed by atoms with E-state index in [1.165, 1.54) is 0 Å². The molecular weight excluding hydrogens is 182 g/mol. The Morgan fingerprint density at radius 1 is 1.43 bits per heavy atom. The highest BCUT2D eigenvalue weighted by molar-refractivity contribution is 5.68. The highest BCUT2D eigenvalue weighted by Gasteiger charge is 2.19. The first kappa shape index (κ1) is 13.2. The summed E-state index contributed by atoms with van der Waals surface area (Å²) in [5.74, 6) is -0.0410. The van der Waals surface area contributed by atoms with Gasteiger partial charge in [-0.3, -0.25) is 0 Å². The maximum atomic E-state index is 11.3. The van der Waals surface area contributed by atoms with Crippen molar-refractivity contribution in [1.29, 1.82) is 0 Å². The number of aliphatic hydroxyl groups is 1. The van der Waals surface area contributed by atoms with Crippen molar-refractivity contribution in [2.24, 2.45) is 5.92 Å². The number of alkyl carbamates (subject to hydrolysis) is 1. The van der Waals surface area contributed by atoms with Crippen molar-refractivity contribution in [3.63, 3.8) is 0 Å². The lowest BCUT2D eigenvalue weighted by Gasteiger charge is -2.24. The second-order valence-electron chi connectivity index (χ2n) is 4.65. The first-order valence-corrected chi connectivity index (χ1v) is 4.86. The van der Waals surface area contributed by atoms with Crippen LogP contribution in [0.15, 0.2) is 0 Å². The molecule has 0 radical (unpaired) electrons. The topological polar surface area (TPSA) is 58.6 Å². The van der Waals surface area contributed by atoms with E-state index in [2.05, 4.69) is 5.32 Å². The van der Waals surface area contributed by atoms with Gasteiger partial charge in [0.1, 0.15) is 6.10 Å². The summed E-state index contributed by atoms with van der Waals surface area (Å²) < 4.78 is 5.07. The van der Waals surface area contributed by atoms with Gasteiger partial charge < -0.3 is 15.2 Å². The molecule has 0 unspecified atom stereocenters. The van der Waals surface area contributed by atoms with Gasteiger partial charge in [0.15, 0.2) is 0 Å². The Morgan fingerprint density at radius 3 is 2.29 bits per heavy atom. The standard InChI is InChI=1S/C10H21NO3/c1-7(6-12)8(2)14-9(13)11-10(3,4)5/h7-8,12H,6H2,1-5H3,(H,11,13)/t7-,8-/m0/s1. The lowest BCUT2D eigenvalue weighted by atomic mass is 10.1. The summed E-state index contributed by atoms with van der Waals surface area (Å²) in [7, 11) is 0. The maximum absolute atomic E-state index is 11.3. The van der Waals surface area contributed by atoms with Gasteiger partial charge in [-0.1, -0.05) is 6.92 Å². The molecular formula is C10H21NO3. The number of carbonyl (C=O) groups excluding carboxylic acids is 1. The molecule has 0 saturated heterocycles. The third-order valence-corrected chi connectivity index (χ3v) is 1.86. The van der Waals surface area contributed by atoms with Crippen LogP contribution in [-0.2, 0) is 4.74 Å². The van der Waals surface area contributed by atoms with Gasteiger partial charge >= 0.3 is 6.09 Å². The lowest BCUT2D eigenvalue weighted by molar-refractivity contribution is 0.0523. The minimum Gasteiger partial charge on any atom is -0.446 e. The molecule has 84 valence electrons. The summed E-state index contributed by atoms with van der Waals surface area (Å²) in [5.41, 5.74) is -0.292. The van der Waals surface area contributed by atoms with Crippen LogP contribution in [0.3, 0.4) is 0 Å². The monoisotopic (exact) mass is 203 g/mol. The molecule has 0 heterocycles. The summed E-state index contributed by atoms with van der Waals surface area (Å²) >= 11 is 0. The molecule has 0 aromatic carbocycles. The zero-order chi connectivity index (χ0) is 11.4. The zero-order valence-electron chi connectivity index (χ0n) is 9.63. The largest absolute Gasteiger partial charge is 0.446 e. The first-order valence-electron chi connectivity index (χ1n) is 4.86. The number of nitrogens with one attached hydrogen (secondary N) is 1. The zero-order valence-corrected chi connectivity index (χ0v) is 9.63. The van der Waals surface area contributed by atoms with Crippen LogP contribution in [0.4, 0.5) is 4.79 Å². The Kier molecular flexibility index (Phi) is 4.91. The van der Waals surface area contributed by atoms with Crippen molar-refractivity contribution in [1.82, 2.24) is 5.32 Å². The van der Waals surface area contributed by atoms with Crippen molar-refractivity contribution in [2.75, 3.05) is 6.61 Å². The van der Waals surface area contributed by atoms with Crippen LogP contribution in [0.2, 0.25) is 0 Å². The maximum Gasteiger partial charge on any atom is 0.407 e. The van der Waals surface area contributed by atoms with Gasteiger partial charge in [0.2, 0.25) is 0 Å². The van der Waals surface area contributed by atoms with Crippen molar-refractivity contribution in [3.05, 3.63) is 0 Å². The van der Waals surface area contributed by atoms with Gasteiger partial charge in [-0.05, 0) is 27.7 Å². The quantitative estimate of drug-likeness (QED) is 0.731. The second-order valence-corrected chi connectivity index (χ2v) is 4.65. The fraction of sp³-hybridized carbons (Fsp3) is 0.900. The van der Waals surface area contributed by atoms with Crippen molar-refractivity contribution < 1.29 is 14.6 Å². The minimum absolute atomic E-state index is 0.0178. The van der Waals surface area contributed by atoms with Crippen molar-refractivity contribution in [2.45, 2.75) is 46.3 Å². The fourth-order valence-corrected chi connectivity index (χ4v) is 0.769.